The third kappa shape index (κ3) is 9.84. The molecule has 6 rings (SSSR count). The van der Waals surface area contributed by atoms with E-state index in [1.54, 1.807) is 14.2 Å². The van der Waals surface area contributed by atoms with E-state index in [1.807, 2.05) is 128 Å². The Hall–Kier alpha value is -5.60. The fourth-order valence-corrected chi connectivity index (χ4v) is 6.91. The van der Waals surface area contributed by atoms with E-state index in [1.165, 1.54) is 4.90 Å². The molecule has 0 bridgehead atoms. The number of amides is 2. The van der Waals surface area contributed by atoms with Crippen molar-refractivity contribution in [2.24, 2.45) is 5.92 Å². The fraction of sp³-hybridized carbons (Fsp3) is 0.289. The highest BCUT2D eigenvalue weighted by Crippen LogP contribution is 2.35. The Bertz CT molecular complexity index is 1930. The van der Waals surface area contributed by atoms with Crippen molar-refractivity contribution in [1.29, 1.82) is 0 Å². The maximum Gasteiger partial charge on any atom is 0.416 e. The van der Waals surface area contributed by atoms with Gasteiger partial charge in [0.25, 0.3) is 0 Å². The number of nitrogens with zero attached hydrogens (tertiary/aromatic N) is 1. The molecule has 1 fully saturated rings. The molecule has 0 unspecified atom stereocenters. The minimum atomic E-state index is -0.611. The lowest BCUT2D eigenvalue weighted by Crippen LogP contribution is -2.44. The van der Waals surface area contributed by atoms with Crippen molar-refractivity contribution in [3.8, 4) is 17.2 Å². The van der Waals surface area contributed by atoms with E-state index in [4.69, 9.17) is 23.7 Å². The second-order valence-corrected chi connectivity index (χ2v) is 13.5. The van der Waals surface area contributed by atoms with Gasteiger partial charge in [0, 0.05) is 11.8 Å². The van der Waals surface area contributed by atoms with Gasteiger partial charge in [-0.15, -0.1) is 0 Å². The monoisotopic (exact) mass is 713 g/mol. The first-order valence-electron chi connectivity index (χ1n) is 18.1. The van der Waals surface area contributed by atoms with Crippen LogP contribution in [0.2, 0.25) is 0 Å². The molecule has 0 radical (unpaired) electrons. The van der Waals surface area contributed by atoms with E-state index >= 15 is 0 Å². The molecule has 1 saturated heterocycles. The van der Waals surface area contributed by atoms with Crippen molar-refractivity contribution in [2.45, 2.75) is 51.4 Å². The predicted molar refractivity (Wildman–Crippen MR) is 204 cm³/mol. The highest BCUT2D eigenvalue weighted by atomic mass is 16.6. The summed E-state index contributed by atoms with van der Waals surface area (Å²) in [5, 5.41) is 0. The summed E-state index contributed by atoms with van der Waals surface area (Å²) < 4.78 is 29.3. The third-order valence-corrected chi connectivity index (χ3v) is 9.70. The predicted octanol–water partition coefficient (Wildman–Crippen LogP) is 8.73. The summed E-state index contributed by atoms with van der Waals surface area (Å²) in [6.45, 7) is 3.36. The summed E-state index contributed by atoms with van der Waals surface area (Å²) >= 11 is 0. The Kier molecular flexibility index (Phi) is 12.8. The summed E-state index contributed by atoms with van der Waals surface area (Å²) in [4.78, 5) is 29.4. The number of cyclic esters (lactones) is 1. The number of rotatable bonds is 17. The van der Waals surface area contributed by atoms with Gasteiger partial charge in [0.1, 0.15) is 19.0 Å². The van der Waals surface area contributed by atoms with Crippen LogP contribution in [-0.4, -0.2) is 50.4 Å². The Morgan fingerprint density at radius 1 is 0.736 bits per heavy atom. The molecule has 8 heteroatoms. The minimum absolute atomic E-state index is 0.148. The van der Waals surface area contributed by atoms with Crippen molar-refractivity contribution in [1.82, 2.24) is 4.90 Å². The Labute approximate surface area is 312 Å². The molecule has 0 N–H and O–H groups in total. The van der Waals surface area contributed by atoms with Crippen LogP contribution in [0.1, 0.15) is 45.7 Å². The van der Waals surface area contributed by atoms with Gasteiger partial charge < -0.3 is 23.7 Å². The van der Waals surface area contributed by atoms with Crippen LogP contribution in [0.3, 0.4) is 0 Å². The zero-order valence-corrected chi connectivity index (χ0v) is 30.6. The van der Waals surface area contributed by atoms with Crippen LogP contribution in [0, 0.1) is 12.8 Å². The van der Waals surface area contributed by atoms with Gasteiger partial charge in [0.15, 0.2) is 11.5 Å². The second-order valence-electron chi connectivity index (χ2n) is 13.5. The molecular formula is C45H47NO7. The number of ether oxygens (including phenoxy) is 5. The molecule has 8 nitrogen and oxygen atoms in total. The second kappa shape index (κ2) is 18.2. The number of benzene rings is 5. The molecule has 1 heterocycles. The standard InChI is InChI=1S/C45H47NO7/c1-32-23-37(20-22-41(32)49-2)39(30-51-28-34-15-9-5-10-16-34)27-38(44(47)46-40(31-53-45(46)48)25-33-13-7-4-8-14-33)24-36-19-21-42(43(26-36)50-3)52-29-35-17-11-6-12-18-35/h4-23,26,38-40H,24-25,27-31H2,1-3H3/t38-,39+,40-/m0/s1. The number of carbonyl (C=O) groups excluding carboxylic acids is 2. The van der Waals surface area contributed by atoms with Gasteiger partial charge in [0.2, 0.25) is 5.91 Å². The lowest BCUT2D eigenvalue weighted by molar-refractivity contribution is -0.134. The first-order valence-corrected chi connectivity index (χ1v) is 18.1. The number of hydrogen-bond acceptors (Lipinski definition) is 7. The highest BCUT2D eigenvalue weighted by molar-refractivity contribution is 5.95. The molecule has 1 aliphatic heterocycles. The van der Waals surface area contributed by atoms with Crippen molar-refractivity contribution < 1.29 is 33.3 Å². The van der Waals surface area contributed by atoms with Gasteiger partial charge in [-0.1, -0.05) is 109 Å². The molecule has 3 atom stereocenters. The zero-order valence-electron chi connectivity index (χ0n) is 30.6. The summed E-state index contributed by atoms with van der Waals surface area (Å²) in [5.74, 6) is 0.938. The van der Waals surface area contributed by atoms with Gasteiger partial charge in [-0.2, -0.15) is 0 Å². The average molecular weight is 714 g/mol. The van der Waals surface area contributed by atoms with E-state index in [9.17, 15) is 9.59 Å². The molecule has 2 amide bonds. The normalized spacial score (nSPS) is 15.0. The lowest BCUT2D eigenvalue weighted by atomic mass is 9.84. The van der Waals surface area contributed by atoms with Crippen LogP contribution in [-0.2, 0) is 40.3 Å². The molecule has 0 spiro atoms. The van der Waals surface area contributed by atoms with Crippen molar-refractivity contribution in [3.05, 3.63) is 161 Å². The number of carbonyl (C=O) groups is 2. The average Bonchev–Trinajstić information content (AvgIpc) is 3.56. The Morgan fingerprint density at radius 2 is 1.36 bits per heavy atom. The van der Waals surface area contributed by atoms with Crippen LogP contribution in [0.4, 0.5) is 4.79 Å². The van der Waals surface area contributed by atoms with Crippen LogP contribution < -0.4 is 14.2 Å². The van der Waals surface area contributed by atoms with Gasteiger partial charge >= 0.3 is 6.09 Å². The summed E-state index contributed by atoms with van der Waals surface area (Å²) in [6, 6.07) is 41.3. The Balaban J connectivity index is 1.30. The molecule has 0 aromatic heterocycles. The zero-order chi connectivity index (χ0) is 37.0. The quantitative estimate of drug-likeness (QED) is 0.0953. The van der Waals surface area contributed by atoms with Crippen LogP contribution in [0.15, 0.2) is 127 Å². The summed E-state index contributed by atoms with van der Waals surface area (Å²) in [5.41, 5.74) is 6.04. The largest absolute Gasteiger partial charge is 0.496 e. The maximum absolute atomic E-state index is 14.8. The van der Waals surface area contributed by atoms with Gasteiger partial charge in [0.05, 0.1) is 33.5 Å². The third-order valence-electron chi connectivity index (χ3n) is 9.70. The van der Waals surface area contributed by atoms with E-state index < -0.39 is 18.1 Å². The minimum Gasteiger partial charge on any atom is -0.496 e. The number of imide groups is 1. The summed E-state index contributed by atoms with van der Waals surface area (Å²) in [6.07, 6.45) is 0.685. The highest BCUT2D eigenvalue weighted by Gasteiger charge is 2.41. The van der Waals surface area contributed by atoms with E-state index in [2.05, 4.69) is 6.07 Å². The SMILES string of the molecule is COc1ccc([C@@H](COCc2ccccc2)C[C@H](Cc2ccc(OCc3ccccc3)c(OC)c2)C(=O)N2C(=O)OC[C@@H]2Cc2ccccc2)cc1C. The first-order chi connectivity index (χ1) is 25.9. The van der Waals surface area contributed by atoms with Crippen molar-refractivity contribution in [2.75, 3.05) is 27.4 Å². The number of methoxy groups -OCH3 is 2. The van der Waals surface area contributed by atoms with Crippen LogP contribution >= 0.6 is 0 Å². The molecule has 0 aliphatic carbocycles. The van der Waals surface area contributed by atoms with Gasteiger partial charge in [-0.3, -0.25) is 4.79 Å². The molecular weight excluding hydrogens is 666 g/mol. The van der Waals surface area contributed by atoms with Crippen LogP contribution in [0.25, 0.3) is 0 Å². The number of aryl methyl sites for hydroxylation is 1. The molecule has 1 aliphatic rings. The maximum atomic E-state index is 14.8. The van der Waals surface area contributed by atoms with Gasteiger partial charge in [-0.05, 0) is 77.8 Å². The van der Waals surface area contributed by atoms with E-state index in [-0.39, 0.29) is 18.4 Å². The smallest absolute Gasteiger partial charge is 0.416 e. The van der Waals surface area contributed by atoms with E-state index in [0.29, 0.717) is 50.6 Å². The molecule has 5 aromatic carbocycles. The molecule has 53 heavy (non-hydrogen) atoms. The number of hydrogen-bond donors (Lipinski definition) is 0. The molecule has 0 saturated carbocycles. The molecule has 274 valence electrons. The fourth-order valence-electron chi connectivity index (χ4n) is 6.91. The van der Waals surface area contributed by atoms with Crippen molar-refractivity contribution >= 4 is 12.0 Å². The van der Waals surface area contributed by atoms with Gasteiger partial charge in [-0.25, -0.2) is 9.69 Å². The van der Waals surface area contributed by atoms with E-state index in [0.717, 1.165) is 39.1 Å². The van der Waals surface area contributed by atoms with Crippen molar-refractivity contribution in [3.63, 3.8) is 0 Å². The molecule has 5 aromatic rings. The first kappa shape index (κ1) is 37.2. The Morgan fingerprint density at radius 3 is 2.00 bits per heavy atom. The summed E-state index contributed by atoms with van der Waals surface area (Å²) in [7, 11) is 3.27. The topological polar surface area (TPSA) is 83.5 Å². The van der Waals surface area contributed by atoms with Crippen LogP contribution in [0.5, 0.6) is 17.2 Å². The lowest BCUT2D eigenvalue weighted by Gasteiger charge is -2.28.